The predicted molar refractivity (Wildman–Crippen MR) is 95.7 cm³/mol. The van der Waals surface area contributed by atoms with Gasteiger partial charge in [0.2, 0.25) is 0 Å². The number of nitrogens with zero attached hydrogens (tertiary/aromatic N) is 2. The molecule has 0 unspecified atom stereocenters. The number of halogens is 2. The first-order valence-corrected chi connectivity index (χ1v) is 9.63. The number of hydrogen-bond acceptors (Lipinski definition) is 4. The Bertz CT molecular complexity index is 922. The fourth-order valence-corrected chi connectivity index (χ4v) is 5.38. The second-order valence-electron chi connectivity index (χ2n) is 7.87. The molecule has 7 heteroatoms. The summed E-state index contributed by atoms with van der Waals surface area (Å²) in [5.41, 5.74) is 0.281. The highest BCUT2D eigenvalue weighted by molar-refractivity contribution is 6.42. The molecule has 0 N–H and O–H groups in total. The first-order chi connectivity index (χ1) is 13.6. The van der Waals surface area contributed by atoms with Gasteiger partial charge in [0, 0.05) is 18.5 Å². The van der Waals surface area contributed by atoms with Crippen LogP contribution >= 0.6 is 0 Å². The summed E-state index contributed by atoms with van der Waals surface area (Å²) in [6.07, 6.45) is 3.24. The van der Waals surface area contributed by atoms with Gasteiger partial charge in [0.1, 0.15) is 0 Å². The lowest BCUT2D eigenvalue weighted by molar-refractivity contribution is -0.131. The molecule has 2 bridgehead atoms. The molecule has 3 atom stereocenters. The van der Waals surface area contributed by atoms with E-state index in [0.29, 0.717) is 0 Å². The van der Waals surface area contributed by atoms with E-state index in [2.05, 4.69) is 4.90 Å². The number of likely N-dealkylation sites (tertiary alicyclic amines) is 1. The Balaban J connectivity index is 1.53. The van der Waals surface area contributed by atoms with Crippen molar-refractivity contribution in [3.63, 3.8) is 0 Å². The van der Waals surface area contributed by atoms with Gasteiger partial charge < -0.3 is 9.32 Å². The van der Waals surface area contributed by atoms with E-state index in [-0.39, 0.29) is 41.8 Å². The van der Waals surface area contributed by atoms with Crippen LogP contribution in [0.1, 0.15) is 34.9 Å². The fraction of sp³-hybridized carbons (Fsp3) is 0.429. The Kier molecular flexibility index (Phi) is 4.08. The van der Waals surface area contributed by atoms with Gasteiger partial charge in [-0.3, -0.25) is 14.5 Å². The molecule has 28 heavy (non-hydrogen) atoms. The van der Waals surface area contributed by atoms with E-state index in [1.807, 2.05) is 0 Å². The number of carbonyl (C=O) groups is 2. The van der Waals surface area contributed by atoms with Crippen molar-refractivity contribution in [1.82, 2.24) is 9.80 Å². The maximum atomic E-state index is 14.6. The molecule has 4 aliphatic rings. The molecule has 4 saturated heterocycles. The number of Topliss-reactive ketones (excluding diaryl/α,β-unsaturated/α-hetero) is 1. The lowest BCUT2D eigenvalue weighted by atomic mass is 9.75. The number of furan rings is 1. The molecular formula is C21H20F2N2O3. The van der Waals surface area contributed by atoms with Crippen LogP contribution in [0.5, 0.6) is 0 Å². The van der Waals surface area contributed by atoms with Crippen LogP contribution in [0.15, 0.2) is 41.0 Å². The second kappa shape index (κ2) is 6.51. The number of fused-ring (bicyclic) bond motifs is 2. The Labute approximate surface area is 160 Å². The minimum Gasteiger partial charge on any atom is -0.461 e. The summed E-state index contributed by atoms with van der Waals surface area (Å²) in [5.74, 6) is -3.16. The molecule has 1 amide bonds. The van der Waals surface area contributed by atoms with Crippen LogP contribution in [-0.2, 0) is 4.79 Å². The minimum atomic E-state index is -0.888. The molecule has 4 aliphatic heterocycles. The smallest absolute Gasteiger partial charge is 0.298 e. The highest BCUT2D eigenvalue weighted by Crippen LogP contribution is 2.47. The number of hydrogen-bond donors (Lipinski definition) is 0. The Hall–Kier alpha value is -2.54. The zero-order valence-electron chi connectivity index (χ0n) is 15.2. The zero-order chi connectivity index (χ0) is 19.4. The molecule has 5 nitrogen and oxygen atoms in total. The van der Waals surface area contributed by atoms with Crippen LogP contribution in [0.2, 0.25) is 0 Å². The van der Waals surface area contributed by atoms with Crippen LogP contribution in [0, 0.1) is 17.6 Å². The van der Waals surface area contributed by atoms with Crippen molar-refractivity contribution in [2.24, 2.45) is 5.92 Å². The number of ketones is 1. The Morgan fingerprint density at radius 3 is 2.54 bits per heavy atom. The molecule has 0 aliphatic carbocycles. The monoisotopic (exact) mass is 386 g/mol. The number of carbonyl (C=O) groups excluding carboxylic acids is 2. The lowest BCUT2D eigenvalue weighted by Crippen LogP contribution is -2.61. The maximum Gasteiger partial charge on any atom is 0.298 e. The van der Waals surface area contributed by atoms with E-state index < -0.39 is 23.3 Å². The average Bonchev–Trinajstić information content (AvgIpc) is 3.39. The van der Waals surface area contributed by atoms with Crippen molar-refractivity contribution in [1.29, 1.82) is 0 Å². The molecule has 146 valence electrons. The molecule has 5 heterocycles. The summed E-state index contributed by atoms with van der Waals surface area (Å²) >= 11 is 0. The fourth-order valence-electron chi connectivity index (χ4n) is 5.38. The van der Waals surface area contributed by atoms with Gasteiger partial charge in [-0.05, 0) is 55.6 Å². The summed E-state index contributed by atoms with van der Waals surface area (Å²) in [6, 6.07) is 6.95. The molecule has 1 aromatic heterocycles. The van der Waals surface area contributed by atoms with Crippen LogP contribution in [-0.4, -0.2) is 53.2 Å². The van der Waals surface area contributed by atoms with Gasteiger partial charge in [0.15, 0.2) is 17.4 Å². The minimum absolute atomic E-state index is 0.00297. The maximum absolute atomic E-state index is 14.6. The normalized spacial score (nSPS) is 31.1. The highest BCUT2D eigenvalue weighted by Gasteiger charge is 2.56. The summed E-state index contributed by atoms with van der Waals surface area (Å²) in [4.78, 5) is 29.5. The van der Waals surface area contributed by atoms with Crippen LogP contribution in [0.4, 0.5) is 8.78 Å². The molecule has 0 radical (unpaired) electrons. The topological polar surface area (TPSA) is 53.8 Å². The van der Waals surface area contributed by atoms with E-state index in [1.54, 1.807) is 17.0 Å². The van der Waals surface area contributed by atoms with E-state index in [0.717, 1.165) is 32.0 Å². The summed E-state index contributed by atoms with van der Waals surface area (Å²) in [5, 5.41) is 0. The van der Waals surface area contributed by atoms with Crippen LogP contribution in [0.25, 0.3) is 0 Å². The second-order valence-corrected chi connectivity index (χ2v) is 7.87. The van der Waals surface area contributed by atoms with Gasteiger partial charge in [-0.25, -0.2) is 8.78 Å². The van der Waals surface area contributed by atoms with Gasteiger partial charge in [0.05, 0.1) is 12.3 Å². The third-order valence-electron chi connectivity index (χ3n) is 6.58. The van der Waals surface area contributed by atoms with Gasteiger partial charge in [-0.15, -0.1) is 0 Å². The van der Waals surface area contributed by atoms with Crippen LogP contribution < -0.4 is 0 Å². The largest absolute Gasteiger partial charge is 0.461 e. The first kappa shape index (κ1) is 17.6. The number of rotatable bonds is 3. The van der Waals surface area contributed by atoms with E-state index in [1.165, 1.54) is 18.4 Å². The van der Waals surface area contributed by atoms with Crippen molar-refractivity contribution >= 4 is 11.7 Å². The summed E-state index contributed by atoms with van der Waals surface area (Å²) < 4.78 is 33.6. The highest BCUT2D eigenvalue weighted by atomic mass is 19.2. The standard InChI is InChI=1S/C21H20F2N2O3/c22-15-4-1-3-13(17(15)23)14-11-25(21(27)20(26)16-5-2-10-28-16)18-12-6-8-24(9-7-12)19(14)18/h1-5,10,12,14,18-19H,6-9,11H2/t14-,18-,19-/m1/s1. The SMILES string of the molecule is O=C(C(=O)N1C[C@H](c2cccc(F)c2F)[C@@H]2[C@H]1C1CCN2CC1)c1ccco1. The summed E-state index contributed by atoms with van der Waals surface area (Å²) in [6.45, 7) is 1.97. The van der Waals surface area contributed by atoms with E-state index >= 15 is 0 Å². The zero-order valence-corrected chi connectivity index (χ0v) is 15.2. The molecular weight excluding hydrogens is 366 g/mol. The predicted octanol–water partition coefficient (Wildman–Crippen LogP) is 2.83. The van der Waals surface area contributed by atoms with Crippen LogP contribution in [0.3, 0.4) is 0 Å². The molecule has 6 rings (SSSR count). The first-order valence-electron chi connectivity index (χ1n) is 9.63. The van der Waals surface area contributed by atoms with E-state index in [9.17, 15) is 18.4 Å². The van der Waals surface area contributed by atoms with Crippen molar-refractivity contribution in [3.05, 3.63) is 59.6 Å². The molecule has 2 aromatic rings. The Morgan fingerprint density at radius 2 is 1.82 bits per heavy atom. The Morgan fingerprint density at radius 1 is 1.04 bits per heavy atom. The van der Waals surface area contributed by atoms with Crippen molar-refractivity contribution in [2.45, 2.75) is 30.8 Å². The van der Waals surface area contributed by atoms with Gasteiger partial charge >= 0.3 is 0 Å². The molecule has 0 saturated carbocycles. The average molecular weight is 386 g/mol. The lowest BCUT2D eigenvalue weighted by Gasteiger charge is -2.51. The third-order valence-corrected chi connectivity index (χ3v) is 6.58. The molecule has 1 aromatic carbocycles. The van der Waals surface area contributed by atoms with Gasteiger partial charge in [-0.2, -0.15) is 0 Å². The number of piperidine rings is 3. The molecule has 0 spiro atoms. The van der Waals surface area contributed by atoms with Crippen molar-refractivity contribution in [2.75, 3.05) is 19.6 Å². The third kappa shape index (κ3) is 2.53. The van der Waals surface area contributed by atoms with Crippen molar-refractivity contribution < 1.29 is 22.8 Å². The molecule has 4 fully saturated rings. The van der Waals surface area contributed by atoms with Crippen molar-refractivity contribution in [3.8, 4) is 0 Å². The van der Waals surface area contributed by atoms with Gasteiger partial charge in [0.25, 0.3) is 11.7 Å². The quantitative estimate of drug-likeness (QED) is 0.601. The summed E-state index contributed by atoms with van der Waals surface area (Å²) in [7, 11) is 0. The number of benzene rings is 1. The van der Waals surface area contributed by atoms with Gasteiger partial charge in [-0.1, -0.05) is 12.1 Å². The van der Waals surface area contributed by atoms with E-state index in [4.69, 9.17) is 4.42 Å². The number of amides is 1.